The Morgan fingerprint density at radius 3 is 2.28 bits per heavy atom. The van der Waals surface area contributed by atoms with Gasteiger partial charge in [-0.1, -0.05) is 0 Å². The van der Waals surface area contributed by atoms with E-state index < -0.39 is 5.97 Å². The molecule has 2 aliphatic rings. The van der Waals surface area contributed by atoms with Crippen molar-refractivity contribution < 1.29 is 19.7 Å². The fourth-order valence-electron chi connectivity index (χ4n) is 3.85. The van der Waals surface area contributed by atoms with Gasteiger partial charge in [0, 0.05) is 12.6 Å². The Labute approximate surface area is 149 Å². The fourth-order valence-corrected chi connectivity index (χ4v) is 3.85. The minimum Gasteiger partial charge on any atom is -0.508 e. The first-order chi connectivity index (χ1) is 12.1. The average molecular weight is 348 g/mol. The lowest BCUT2D eigenvalue weighted by atomic mass is 9.93. The molecular formula is C19H28N2O4. The van der Waals surface area contributed by atoms with Crippen LogP contribution in [0.4, 0.5) is 0 Å². The lowest BCUT2D eigenvalue weighted by Crippen LogP contribution is -2.48. The Hall–Kier alpha value is -1.79. The summed E-state index contributed by atoms with van der Waals surface area (Å²) in [5.41, 5.74) is 0. The summed E-state index contributed by atoms with van der Waals surface area (Å²) >= 11 is 0. The molecular weight excluding hydrogens is 320 g/mol. The third-order valence-corrected chi connectivity index (χ3v) is 5.47. The largest absolute Gasteiger partial charge is 0.508 e. The molecule has 25 heavy (non-hydrogen) atoms. The van der Waals surface area contributed by atoms with Gasteiger partial charge in [0.2, 0.25) is 0 Å². The van der Waals surface area contributed by atoms with Crippen LogP contribution in [0, 0.1) is 5.92 Å². The highest BCUT2D eigenvalue weighted by molar-refractivity contribution is 5.70. The molecule has 2 saturated heterocycles. The standard InChI is InChI=1S/C19H28N2O4/c22-17-1-3-18(4-2-17)25-14-13-20-9-7-16(8-10-20)21-11-5-15(6-12-21)19(23)24/h1-4,15-16,22H,5-14H2,(H,23,24). The Bertz CT molecular complexity index is 547. The van der Waals surface area contributed by atoms with Crippen molar-refractivity contribution in [1.29, 1.82) is 0 Å². The number of aliphatic carboxylic acids is 1. The van der Waals surface area contributed by atoms with E-state index in [0.29, 0.717) is 12.6 Å². The summed E-state index contributed by atoms with van der Waals surface area (Å²) in [5.74, 6) is 0.257. The zero-order valence-electron chi connectivity index (χ0n) is 14.6. The second-order valence-electron chi connectivity index (χ2n) is 7.06. The van der Waals surface area contributed by atoms with Gasteiger partial charge < -0.3 is 19.8 Å². The summed E-state index contributed by atoms with van der Waals surface area (Å²) in [5, 5.41) is 18.4. The zero-order chi connectivity index (χ0) is 17.6. The topological polar surface area (TPSA) is 73.2 Å². The molecule has 138 valence electrons. The minimum atomic E-state index is -0.636. The number of carboxylic acids is 1. The third kappa shape index (κ3) is 5.09. The predicted octanol–water partition coefficient (Wildman–Crippen LogP) is 2.03. The molecule has 2 heterocycles. The van der Waals surface area contributed by atoms with Gasteiger partial charge in [-0.05, 0) is 76.1 Å². The third-order valence-electron chi connectivity index (χ3n) is 5.47. The first-order valence-corrected chi connectivity index (χ1v) is 9.23. The molecule has 1 aromatic carbocycles. The van der Waals surface area contributed by atoms with Gasteiger partial charge in [0.25, 0.3) is 0 Å². The van der Waals surface area contributed by atoms with Crippen LogP contribution < -0.4 is 4.74 Å². The normalized spacial score (nSPS) is 21.3. The first-order valence-electron chi connectivity index (χ1n) is 9.23. The molecule has 0 bridgehead atoms. The van der Waals surface area contributed by atoms with Crippen LogP contribution in [-0.4, -0.2) is 71.4 Å². The number of aromatic hydroxyl groups is 1. The van der Waals surface area contributed by atoms with Crippen molar-refractivity contribution in [3.8, 4) is 11.5 Å². The highest BCUT2D eigenvalue weighted by atomic mass is 16.5. The molecule has 3 rings (SSSR count). The summed E-state index contributed by atoms with van der Waals surface area (Å²) in [6, 6.07) is 7.43. The molecule has 0 spiro atoms. The number of carboxylic acid groups (broad SMARTS) is 1. The Morgan fingerprint density at radius 1 is 1.04 bits per heavy atom. The Morgan fingerprint density at radius 2 is 1.68 bits per heavy atom. The maximum absolute atomic E-state index is 11.1. The van der Waals surface area contributed by atoms with Gasteiger partial charge in [0.15, 0.2) is 0 Å². The van der Waals surface area contributed by atoms with Crippen molar-refractivity contribution in [2.75, 3.05) is 39.3 Å². The maximum Gasteiger partial charge on any atom is 0.306 e. The lowest BCUT2D eigenvalue weighted by Gasteiger charge is -2.41. The number of likely N-dealkylation sites (tertiary alicyclic amines) is 2. The van der Waals surface area contributed by atoms with Crippen molar-refractivity contribution in [2.24, 2.45) is 5.92 Å². The van der Waals surface area contributed by atoms with E-state index >= 15 is 0 Å². The summed E-state index contributed by atoms with van der Waals surface area (Å²) in [6.07, 6.45) is 3.87. The predicted molar refractivity (Wildman–Crippen MR) is 95.0 cm³/mol. The molecule has 0 unspecified atom stereocenters. The van der Waals surface area contributed by atoms with Gasteiger partial charge in [-0.3, -0.25) is 9.69 Å². The zero-order valence-corrected chi connectivity index (χ0v) is 14.6. The van der Waals surface area contributed by atoms with Gasteiger partial charge >= 0.3 is 5.97 Å². The molecule has 6 heteroatoms. The van der Waals surface area contributed by atoms with E-state index in [-0.39, 0.29) is 11.7 Å². The summed E-state index contributed by atoms with van der Waals surface area (Å²) in [4.78, 5) is 16.0. The molecule has 2 N–H and O–H groups in total. The number of nitrogens with zero attached hydrogens (tertiary/aromatic N) is 2. The van der Waals surface area contributed by atoms with Gasteiger partial charge in [-0.15, -0.1) is 0 Å². The van der Waals surface area contributed by atoms with Crippen LogP contribution >= 0.6 is 0 Å². The second-order valence-corrected chi connectivity index (χ2v) is 7.06. The Balaban J connectivity index is 1.33. The number of hydrogen-bond acceptors (Lipinski definition) is 5. The van der Waals surface area contributed by atoms with E-state index in [1.165, 1.54) is 0 Å². The van der Waals surface area contributed by atoms with Crippen LogP contribution in [-0.2, 0) is 4.79 Å². The van der Waals surface area contributed by atoms with Gasteiger partial charge in [0.05, 0.1) is 5.92 Å². The average Bonchev–Trinajstić information content (AvgIpc) is 2.64. The van der Waals surface area contributed by atoms with Crippen molar-refractivity contribution in [2.45, 2.75) is 31.7 Å². The first kappa shape index (κ1) is 18.0. The van der Waals surface area contributed by atoms with Crippen LogP contribution in [0.3, 0.4) is 0 Å². The lowest BCUT2D eigenvalue weighted by molar-refractivity contribution is -0.143. The highest BCUT2D eigenvalue weighted by Gasteiger charge is 2.30. The second kappa shape index (κ2) is 8.54. The number of hydrogen-bond donors (Lipinski definition) is 2. The van der Waals surface area contributed by atoms with Crippen molar-refractivity contribution >= 4 is 5.97 Å². The van der Waals surface area contributed by atoms with Gasteiger partial charge in [-0.2, -0.15) is 0 Å². The van der Waals surface area contributed by atoms with Crippen LogP contribution in [0.25, 0.3) is 0 Å². The molecule has 2 fully saturated rings. The summed E-state index contributed by atoms with van der Waals surface area (Å²) in [6.45, 7) is 5.55. The van der Waals surface area contributed by atoms with Crippen LogP contribution in [0.1, 0.15) is 25.7 Å². The molecule has 0 atom stereocenters. The molecule has 0 saturated carbocycles. The smallest absolute Gasteiger partial charge is 0.306 e. The summed E-state index contributed by atoms with van der Waals surface area (Å²) < 4.78 is 5.72. The number of phenols is 1. The molecule has 6 nitrogen and oxygen atoms in total. The van der Waals surface area contributed by atoms with E-state index in [4.69, 9.17) is 9.84 Å². The SMILES string of the molecule is O=C(O)C1CCN(C2CCN(CCOc3ccc(O)cc3)CC2)CC1. The number of benzene rings is 1. The molecule has 0 radical (unpaired) electrons. The van der Waals surface area contributed by atoms with E-state index in [2.05, 4.69) is 9.80 Å². The fraction of sp³-hybridized carbons (Fsp3) is 0.632. The van der Waals surface area contributed by atoms with Gasteiger partial charge in [-0.25, -0.2) is 0 Å². The van der Waals surface area contributed by atoms with Crippen LogP contribution in [0.5, 0.6) is 11.5 Å². The van der Waals surface area contributed by atoms with E-state index in [0.717, 1.165) is 64.2 Å². The molecule has 0 aliphatic carbocycles. The quantitative estimate of drug-likeness (QED) is 0.820. The maximum atomic E-state index is 11.1. The van der Waals surface area contributed by atoms with E-state index in [9.17, 15) is 9.90 Å². The number of ether oxygens (including phenoxy) is 1. The molecule has 0 amide bonds. The monoisotopic (exact) mass is 348 g/mol. The minimum absolute atomic E-state index is 0.145. The number of piperidine rings is 2. The van der Waals surface area contributed by atoms with Crippen molar-refractivity contribution in [3.63, 3.8) is 0 Å². The Kier molecular flexibility index (Phi) is 6.15. The van der Waals surface area contributed by atoms with Crippen LogP contribution in [0.15, 0.2) is 24.3 Å². The number of phenolic OH excluding ortho intramolecular Hbond substituents is 1. The van der Waals surface area contributed by atoms with Crippen LogP contribution in [0.2, 0.25) is 0 Å². The van der Waals surface area contributed by atoms with Gasteiger partial charge in [0.1, 0.15) is 18.1 Å². The highest BCUT2D eigenvalue weighted by Crippen LogP contribution is 2.24. The molecule has 0 aromatic heterocycles. The van der Waals surface area contributed by atoms with Crippen molar-refractivity contribution in [1.82, 2.24) is 9.80 Å². The molecule has 1 aromatic rings. The number of carbonyl (C=O) groups is 1. The number of rotatable bonds is 6. The van der Waals surface area contributed by atoms with Crippen molar-refractivity contribution in [3.05, 3.63) is 24.3 Å². The van der Waals surface area contributed by atoms with E-state index in [1.807, 2.05) is 0 Å². The van der Waals surface area contributed by atoms with E-state index in [1.54, 1.807) is 24.3 Å². The molecule has 2 aliphatic heterocycles. The summed E-state index contributed by atoms with van der Waals surface area (Å²) in [7, 11) is 0.